The van der Waals surface area contributed by atoms with E-state index in [0.717, 1.165) is 18.6 Å². The van der Waals surface area contributed by atoms with Crippen molar-refractivity contribution in [1.82, 2.24) is 5.32 Å². The molecule has 0 fully saturated rings. The Hall–Kier alpha value is -0.970. The van der Waals surface area contributed by atoms with Gasteiger partial charge in [0.2, 0.25) is 0 Å². The number of hydrogen-bond acceptors (Lipinski definition) is 3. The molecule has 1 aromatic rings. The highest BCUT2D eigenvalue weighted by Gasteiger charge is 2.10. The van der Waals surface area contributed by atoms with E-state index in [9.17, 15) is 4.39 Å². The number of hydrogen-bond donors (Lipinski definition) is 1. The van der Waals surface area contributed by atoms with Gasteiger partial charge < -0.3 is 14.8 Å². The monoisotopic (exact) mass is 255 g/mol. The predicted molar refractivity (Wildman–Crippen MR) is 70.1 cm³/mol. The van der Waals surface area contributed by atoms with Gasteiger partial charge in [0.05, 0.1) is 19.3 Å². The molecule has 1 atom stereocenters. The number of benzene rings is 1. The molecule has 102 valence electrons. The lowest BCUT2D eigenvalue weighted by Crippen LogP contribution is -2.21. The van der Waals surface area contributed by atoms with Crippen molar-refractivity contribution in [3.63, 3.8) is 0 Å². The van der Waals surface area contributed by atoms with Gasteiger partial charge in [0, 0.05) is 13.2 Å². The van der Waals surface area contributed by atoms with Gasteiger partial charge >= 0.3 is 0 Å². The largest absolute Gasteiger partial charge is 0.379 e. The molecule has 0 saturated carbocycles. The van der Waals surface area contributed by atoms with Crippen molar-refractivity contribution in [2.24, 2.45) is 0 Å². The van der Waals surface area contributed by atoms with Crippen molar-refractivity contribution in [3.8, 4) is 0 Å². The highest BCUT2D eigenvalue weighted by molar-refractivity contribution is 5.19. The van der Waals surface area contributed by atoms with E-state index in [-0.39, 0.29) is 11.9 Å². The first-order valence-corrected chi connectivity index (χ1v) is 6.37. The van der Waals surface area contributed by atoms with Gasteiger partial charge in [-0.25, -0.2) is 4.39 Å². The van der Waals surface area contributed by atoms with Crippen LogP contribution in [-0.2, 0) is 9.47 Å². The Balaban J connectivity index is 2.41. The molecule has 0 aliphatic carbocycles. The van der Waals surface area contributed by atoms with Gasteiger partial charge in [-0.1, -0.05) is 19.1 Å². The average molecular weight is 255 g/mol. The normalized spacial score (nSPS) is 12.6. The molecule has 4 heteroatoms. The van der Waals surface area contributed by atoms with Gasteiger partial charge in [0.25, 0.3) is 0 Å². The minimum atomic E-state index is -0.228. The summed E-state index contributed by atoms with van der Waals surface area (Å²) in [6.07, 6.45) is 0.943. The molecule has 18 heavy (non-hydrogen) atoms. The van der Waals surface area contributed by atoms with Crippen LogP contribution >= 0.6 is 0 Å². The van der Waals surface area contributed by atoms with E-state index in [1.807, 2.05) is 7.05 Å². The number of rotatable bonds is 9. The second-order valence-corrected chi connectivity index (χ2v) is 4.08. The van der Waals surface area contributed by atoms with Crippen LogP contribution < -0.4 is 5.32 Å². The van der Waals surface area contributed by atoms with Crippen LogP contribution in [0.15, 0.2) is 24.3 Å². The zero-order chi connectivity index (χ0) is 13.2. The molecular formula is C14H22FNO2. The maximum atomic E-state index is 12.9. The van der Waals surface area contributed by atoms with Crippen LogP contribution in [0.4, 0.5) is 4.39 Å². The van der Waals surface area contributed by atoms with Crippen LogP contribution in [0, 0.1) is 5.82 Å². The molecule has 0 bridgehead atoms. The van der Waals surface area contributed by atoms with Gasteiger partial charge in [0.1, 0.15) is 5.82 Å². The molecule has 0 radical (unpaired) electrons. The van der Waals surface area contributed by atoms with Gasteiger partial charge in [-0.15, -0.1) is 0 Å². The van der Waals surface area contributed by atoms with Crippen molar-refractivity contribution in [2.45, 2.75) is 19.4 Å². The zero-order valence-corrected chi connectivity index (χ0v) is 11.1. The molecule has 0 spiro atoms. The highest BCUT2D eigenvalue weighted by Crippen LogP contribution is 2.16. The maximum absolute atomic E-state index is 12.9. The highest BCUT2D eigenvalue weighted by atomic mass is 19.1. The molecule has 0 aromatic heterocycles. The Bertz CT molecular complexity index is 316. The van der Waals surface area contributed by atoms with Crippen LogP contribution in [0.1, 0.15) is 25.0 Å². The second kappa shape index (κ2) is 9.03. The summed E-state index contributed by atoms with van der Waals surface area (Å²) in [7, 11) is 1.87. The van der Waals surface area contributed by atoms with Crippen LogP contribution in [0.5, 0.6) is 0 Å². The third kappa shape index (κ3) is 5.58. The SMILES string of the molecule is CCCOCCOC(CNC)c1ccc(F)cc1. The molecule has 0 aliphatic rings. The molecular weight excluding hydrogens is 233 g/mol. The fourth-order valence-electron chi connectivity index (χ4n) is 1.63. The molecule has 0 saturated heterocycles. The third-order valence-electron chi connectivity index (χ3n) is 2.53. The summed E-state index contributed by atoms with van der Waals surface area (Å²) in [5.41, 5.74) is 0.973. The minimum Gasteiger partial charge on any atom is -0.379 e. The molecule has 1 aromatic carbocycles. The van der Waals surface area contributed by atoms with Crippen LogP contribution in [0.3, 0.4) is 0 Å². The summed E-state index contributed by atoms with van der Waals surface area (Å²) in [4.78, 5) is 0. The molecule has 1 rings (SSSR count). The standard InChI is InChI=1S/C14H22FNO2/c1-3-8-17-9-10-18-14(11-16-2)12-4-6-13(15)7-5-12/h4-7,14,16H,3,8-11H2,1-2H3. The summed E-state index contributed by atoms with van der Waals surface area (Å²) < 4.78 is 24.0. The molecule has 1 unspecified atom stereocenters. The molecule has 0 aliphatic heterocycles. The first kappa shape index (κ1) is 15.1. The zero-order valence-electron chi connectivity index (χ0n) is 11.1. The summed E-state index contributed by atoms with van der Waals surface area (Å²) in [5, 5.41) is 3.07. The van der Waals surface area contributed by atoms with Gasteiger partial charge in [-0.3, -0.25) is 0 Å². The quantitative estimate of drug-likeness (QED) is 0.688. The summed E-state index contributed by atoms with van der Waals surface area (Å²) >= 11 is 0. The van der Waals surface area contributed by atoms with Crippen molar-refractivity contribution in [3.05, 3.63) is 35.6 Å². The maximum Gasteiger partial charge on any atom is 0.123 e. The number of likely N-dealkylation sites (N-methyl/N-ethyl adjacent to an activating group) is 1. The van der Waals surface area contributed by atoms with E-state index in [2.05, 4.69) is 12.2 Å². The lowest BCUT2D eigenvalue weighted by atomic mass is 10.1. The molecule has 0 heterocycles. The van der Waals surface area contributed by atoms with Crippen molar-refractivity contribution in [1.29, 1.82) is 0 Å². The summed E-state index contributed by atoms with van der Waals surface area (Å²) in [6, 6.07) is 6.42. The van der Waals surface area contributed by atoms with E-state index in [1.165, 1.54) is 12.1 Å². The third-order valence-corrected chi connectivity index (χ3v) is 2.53. The van der Waals surface area contributed by atoms with E-state index < -0.39 is 0 Å². The van der Waals surface area contributed by atoms with E-state index in [0.29, 0.717) is 19.8 Å². The van der Waals surface area contributed by atoms with Crippen LogP contribution in [0.2, 0.25) is 0 Å². The smallest absolute Gasteiger partial charge is 0.123 e. The van der Waals surface area contributed by atoms with Crippen molar-refractivity contribution in [2.75, 3.05) is 33.4 Å². The lowest BCUT2D eigenvalue weighted by Gasteiger charge is -2.18. The number of nitrogens with one attached hydrogen (secondary N) is 1. The molecule has 3 nitrogen and oxygen atoms in total. The first-order chi connectivity index (χ1) is 8.77. The summed E-state index contributed by atoms with van der Waals surface area (Å²) in [5.74, 6) is -0.228. The van der Waals surface area contributed by atoms with Gasteiger partial charge in [-0.05, 0) is 31.2 Å². The topological polar surface area (TPSA) is 30.5 Å². The molecule has 0 amide bonds. The Morgan fingerprint density at radius 2 is 1.89 bits per heavy atom. The minimum absolute atomic E-state index is 0.0687. The molecule has 1 N–H and O–H groups in total. The van der Waals surface area contributed by atoms with E-state index >= 15 is 0 Å². The van der Waals surface area contributed by atoms with E-state index in [4.69, 9.17) is 9.47 Å². The number of ether oxygens (including phenoxy) is 2. The lowest BCUT2D eigenvalue weighted by molar-refractivity contribution is 0.00494. The van der Waals surface area contributed by atoms with Crippen molar-refractivity contribution >= 4 is 0 Å². The van der Waals surface area contributed by atoms with Gasteiger partial charge in [-0.2, -0.15) is 0 Å². The Morgan fingerprint density at radius 3 is 2.50 bits per heavy atom. The van der Waals surface area contributed by atoms with Crippen molar-refractivity contribution < 1.29 is 13.9 Å². The average Bonchev–Trinajstić information content (AvgIpc) is 2.38. The Labute approximate surface area is 108 Å². The fraction of sp³-hybridized carbons (Fsp3) is 0.571. The first-order valence-electron chi connectivity index (χ1n) is 6.37. The summed E-state index contributed by atoms with van der Waals surface area (Å²) in [6.45, 7) is 4.66. The van der Waals surface area contributed by atoms with Crippen LogP contribution in [-0.4, -0.2) is 33.4 Å². The Morgan fingerprint density at radius 1 is 1.17 bits per heavy atom. The van der Waals surface area contributed by atoms with Crippen LogP contribution in [0.25, 0.3) is 0 Å². The Kier molecular flexibility index (Phi) is 7.57. The van der Waals surface area contributed by atoms with E-state index in [1.54, 1.807) is 12.1 Å². The second-order valence-electron chi connectivity index (χ2n) is 4.08. The fourth-order valence-corrected chi connectivity index (χ4v) is 1.63. The number of halogens is 1. The van der Waals surface area contributed by atoms with Gasteiger partial charge in [0.15, 0.2) is 0 Å². The predicted octanol–water partition coefficient (Wildman–Crippen LogP) is 2.53.